The van der Waals surface area contributed by atoms with Crippen molar-refractivity contribution >= 4 is 17.9 Å². The first-order chi connectivity index (χ1) is 28.5. The van der Waals surface area contributed by atoms with Crippen LogP contribution in [0, 0.1) is 0 Å². The number of carbonyl (C=O) groups is 3. The summed E-state index contributed by atoms with van der Waals surface area (Å²) in [5, 5.41) is 0. The zero-order valence-corrected chi connectivity index (χ0v) is 38.8. The molecule has 0 aliphatic heterocycles. The minimum absolute atomic E-state index is 0.0707. The van der Waals surface area contributed by atoms with Gasteiger partial charge in [0.15, 0.2) is 6.10 Å². The van der Waals surface area contributed by atoms with Crippen molar-refractivity contribution in [1.82, 2.24) is 0 Å². The molecule has 0 aromatic carbocycles. The Morgan fingerprint density at radius 1 is 0.345 bits per heavy atom. The molecular formula is C52H96O6. The lowest BCUT2D eigenvalue weighted by molar-refractivity contribution is -0.167. The van der Waals surface area contributed by atoms with E-state index in [-0.39, 0.29) is 31.1 Å². The van der Waals surface area contributed by atoms with Crippen molar-refractivity contribution in [3.05, 3.63) is 24.3 Å². The molecule has 0 saturated carbocycles. The van der Waals surface area contributed by atoms with Crippen molar-refractivity contribution in [2.45, 2.75) is 277 Å². The molecule has 0 saturated heterocycles. The van der Waals surface area contributed by atoms with Gasteiger partial charge >= 0.3 is 17.9 Å². The summed E-state index contributed by atoms with van der Waals surface area (Å²) in [5.74, 6) is -0.876. The van der Waals surface area contributed by atoms with E-state index in [1.54, 1.807) is 0 Å². The van der Waals surface area contributed by atoms with Crippen LogP contribution in [0.2, 0.25) is 0 Å². The average molecular weight is 817 g/mol. The van der Waals surface area contributed by atoms with E-state index in [1.807, 2.05) is 0 Å². The maximum atomic E-state index is 12.7. The fourth-order valence-electron chi connectivity index (χ4n) is 7.36. The summed E-state index contributed by atoms with van der Waals surface area (Å²) in [6.45, 7) is 6.57. The third-order valence-electron chi connectivity index (χ3n) is 11.2. The number of rotatable bonds is 46. The first kappa shape index (κ1) is 55.9. The molecule has 0 aromatic rings. The minimum atomic E-state index is -0.766. The van der Waals surface area contributed by atoms with Gasteiger partial charge in [0.1, 0.15) is 13.2 Å². The molecule has 0 radical (unpaired) electrons. The van der Waals surface area contributed by atoms with Crippen LogP contribution in [0.1, 0.15) is 271 Å². The third kappa shape index (κ3) is 45.0. The highest BCUT2D eigenvalue weighted by molar-refractivity contribution is 5.71. The molecule has 0 heterocycles. The van der Waals surface area contributed by atoms with Gasteiger partial charge in [-0.15, -0.1) is 0 Å². The lowest BCUT2D eigenvalue weighted by atomic mass is 10.0. The Balaban J connectivity index is 4.20. The Kier molecular flexibility index (Phi) is 45.8. The van der Waals surface area contributed by atoms with Crippen LogP contribution in [0.25, 0.3) is 0 Å². The Bertz CT molecular complexity index is 942. The van der Waals surface area contributed by atoms with Gasteiger partial charge in [-0.1, -0.05) is 225 Å². The maximum absolute atomic E-state index is 12.7. The summed E-state index contributed by atoms with van der Waals surface area (Å²) in [5.41, 5.74) is 0. The number of ether oxygens (including phenoxy) is 3. The standard InChI is InChI=1S/C52H96O6/c1-4-7-10-13-16-18-20-22-24-26-28-30-32-34-36-39-42-45-51(54)57-48-49(47-56-50(53)44-41-38-15-12-9-6-3)58-52(55)46-43-40-37-35-33-31-29-27-25-23-21-19-17-14-11-8-5-2/h16,18,22,24,49H,4-15,17,19-21,23,25-48H2,1-3H3/b18-16-,24-22-. The van der Waals surface area contributed by atoms with Crippen molar-refractivity contribution in [3.63, 3.8) is 0 Å². The second-order valence-electron chi connectivity index (χ2n) is 17.1. The molecule has 0 bridgehead atoms. The van der Waals surface area contributed by atoms with Crippen molar-refractivity contribution in [1.29, 1.82) is 0 Å². The Morgan fingerprint density at radius 3 is 0.983 bits per heavy atom. The molecule has 58 heavy (non-hydrogen) atoms. The molecule has 0 amide bonds. The molecule has 0 aromatic heterocycles. The van der Waals surface area contributed by atoms with Gasteiger partial charge in [-0.2, -0.15) is 0 Å². The zero-order chi connectivity index (χ0) is 42.3. The number of unbranched alkanes of at least 4 members (excludes halogenated alkanes) is 31. The van der Waals surface area contributed by atoms with E-state index >= 15 is 0 Å². The molecule has 340 valence electrons. The molecule has 6 nitrogen and oxygen atoms in total. The molecule has 0 N–H and O–H groups in total. The summed E-state index contributed by atoms with van der Waals surface area (Å²) in [7, 11) is 0. The molecule has 1 unspecified atom stereocenters. The van der Waals surface area contributed by atoms with E-state index in [4.69, 9.17) is 14.2 Å². The Hall–Kier alpha value is -2.11. The maximum Gasteiger partial charge on any atom is 0.306 e. The van der Waals surface area contributed by atoms with E-state index in [2.05, 4.69) is 45.1 Å². The lowest BCUT2D eigenvalue weighted by Gasteiger charge is -2.18. The van der Waals surface area contributed by atoms with Crippen molar-refractivity contribution in [3.8, 4) is 0 Å². The van der Waals surface area contributed by atoms with Crippen molar-refractivity contribution in [2.75, 3.05) is 13.2 Å². The third-order valence-corrected chi connectivity index (χ3v) is 11.2. The quantitative estimate of drug-likeness (QED) is 0.0263. The smallest absolute Gasteiger partial charge is 0.306 e. The van der Waals surface area contributed by atoms with Gasteiger partial charge < -0.3 is 14.2 Å². The molecular weight excluding hydrogens is 721 g/mol. The second-order valence-corrected chi connectivity index (χ2v) is 17.1. The van der Waals surface area contributed by atoms with Gasteiger partial charge in [-0.25, -0.2) is 0 Å². The molecule has 0 rings (SSSR count). The van der Waals surface area contributed by atoms with Crippen molar-refractivity contribution < 1.29 is 28.6 Å². The fourth-order valence-corrected chi connectivity index (χ4v) is 7.36. The number of allylic oxidation sites excluding steroid dienone is 4. The highest BCUT2D eigenvalue weighted by atomic mass is 16.6. The van der Waals surface area contributed by atoms with E-state index < -0.39 is 6.10 Å². The number of hydrogen-bond donors (Lipinski definition) is 0. The average Bonchev–Trinajstić information content (AvgIpc) is 3.22. The largest absolute Gasteiger partial charge is 0.462 e. The van der Waals surface area contributed by atoms with Crippen LogP contribution in [0.4, 0.5) is 0 Å². The van der Waals surface area contributed by atoms with Gasteiger partial charge in [-0.3, -0.25) is 14.4 Å². The molecule has 0 aliphatic carbocycles. The molecule has 0 fully saturated rings. The minimum Gasteiger partial charge on any atom is -0.462 e. The van der Waals surface area contributed by atoms with Gasteiger partial charge in [0.25, 0.3) is 0 Å². The molecule has 0 spiro atoms. The normalized spacial score (nSPS) is 12.1. The highest BCUT2D eigenvalue weighted by Crippen LogP contribution is 2.16. The van der Waals surface area contributed by atoms with Crippen LogP contribution in [0.15, 0.2) is 24.3 Å². The van der Waals surface area contributed by atoms with Crippen LogP contribution in [0.3, 0.4) is 0 Å². The van der Waals surface area contributed by atoms with Gasteiger partial charge in [-0.05, 0) is 51.4 Å². The van der Waals surface area contributed by atoms with E-state index in [0.29, 0.717) is 19.3 Å². The van der Waals surface area contributed by atoms with Gasteiger partial charge in [0.2, 0.25) is 0 Å². The summed E-state index contributed by atoms with van der Waals surface area (Å²) in [6.07, 6.45) is 53.2. The predicted octanol–water partition coefficient (Wildman–Crippen LogP) is 16.4. The first-order valence-electron chi connectivity index (χ1n) is 25.3. The van der Waals surface area contributed by atoms with E-state index in [9.17, 15) is 14.4 Å². The summed E-state index contributed by atoms with van der Waals surface area (Å²) < 4.78 is 16.7. The van der Waals surface area contributed by atoms with E-state index in [1.165, 1.54) is 161 Å². The van der Waals surface area contributed by atoms with Crippen LogP contribution in [-0.2, 0) is 28.6 Å². The van der Waals surface area contributed by atoms with Crippen LogP contribution in [0.5, 0.6) is 0 Å². The van der Waals surface area contributed by atoms with Crippen LogP contribution < -0.4 is 0 Å². The predicted molar refractivity (Wildman–Crippen MR) is 247 cm³/mol. The van der Waals surface area contributed by atoms with Crippen molar-refractivity contribution in [2.24, 2.45) is 0 Å². The SMILES string of the molecule is CCCCC/C=C\C/C=C\CCCCCCCCCC(=O)OCC(COC(=O)CCCCCCCC)OC(=O)CCCCCCCCCCCCCCCCCCC. The van der Waals surface area contributed by atoms with E-state index in [0.717, 1.165) is 70.6 Å². The molecule has 6 heteroatoms. The highest BCUT2D eigenvalue weighted by Gasteiger charge is 2.19. The summed E-state index contributed by atoms with van der Waals surface area (Å²) >= 11 is 0. The summed E-state index contributed by atoms with van der Waals surface area (Å²) in [4.78, 5) is 37.7. The fraction of sp³-hybridized carbons (Fsp3) is 0.865. The Morgan fingerprint density at radius 2 is 0.621 bits per heavy atom. The van der Waals surface area contributed by atoms with Gasteiger partial charge in [0, 0.05) is 19.3 Å². The Labute approximate surface area is 360 Å². The monoisotopic (exact) mass is 817 g/mol. The van der Waals surface area contributed by atoms with Crippen LogP contribution >= 0.6 is 0 Å². The second kappa shape index (κ2) is 47.6. The van der Waals surface area contributed by atoms with Crippen LogP contribution in [-0.4, -0.2) is 37.2 Å². The first-order valence-corrected chi connectivity index (χ1v) is 25.3. The number of hydrogen-bond acceptors (Lipinski definition) is 6. The lowest BCUT2D eigenvalue weighted by Crippen LogP contribution is -2.30. The topological polar surface area (TPSA) is 78.9 Å². The number of carbonyl (C=O) groups excluding carboxylic acids is 3. The molecule has 1 atom stereocenters. The number of esters is 3. The summed E-state index contributed by atoms with van der Waals surface area (Å²) in [6, 6.07) is 0. The molecule has 0 aliphatic rings. The van der Waals surface area contributed by atoms with Gasteiger partial charge in [0.05, 0.1) is 0 Å². The zero-order valence-electron chi connectivity index (χ0n) is 38.8.